The molecule has 2 heterocycles. The lowest BCUT2D eigenvalue weighted by Crippen LogP contribution is -2.53. The Morgan fingerprint density at radius 1 is 1.34 bits per heavy atom. The number of alkyl carbamates (subject to hydrolysis) is 1. The summed E-state index contributed by atoms with van der Waals surface area (Å²) < 4.78 is 11.1. The zero-order valence-corrected chi connectivity index (χ0v) is 19.2. The van der Waals surface area contributed by atoms with Crippen LogP contribution in [-0.4, -0.2) is 71.0 Å². The van der Waals surface area contributed by atoms with Crippen molar-refractivity contribution in [2.75, 3.05) is 19.8 Å². The van der Waals surface area contributed by atoms with E-state index in [1.807, 2.05) is 17.1 Å². The summed E-state index contributed by atoms with van der Waals surface area (Å²) in [5.41, 5.74) is -1.30. The molecule has 0 aromatic rings. The Labute approximate surface area is 189 Å². The van der Waals surface area contributed by atoms with Gasteiger partial charge < -0.3 is 30.1 Å². The van der Waals surface area contributed by atoms with Gasteiger partial charge in [-0.1, -0.05) is 18.7 Å². The van der Waals surface area contributed by atoms with Crippen LogP contribution >= 0.6 is 0 Å². The Hall–Kier alpha value is -2.55. The maximum absolute atomic E-state index is 13.1. The highest BCUT2D eigenvalue weighted by atomic mass is 16.6. The molecule has 32 heavy (non-hydrogen) atoms. The van der Waals surface area contributed by atoms with E-state index >= 15 is 0 Å². The van der Waals surface area contributed by atoms with Crippen molar-refractivity contribution in [2.24, 2.45) is 5.92 Å². The molecular weight excluding hydrogens is 414 g/mol. The Morgan fingerprint density at radius 2 is 2.09 bits per heavy atom. The van der Waals surface area contributed by atoms with E-state index in [2.05, 4.69) is 17.2 Å². The van der Waals surface area contributed by atoms with Gasteiger partial charge in [-0.25, -0.2) is 9.59 Å². The van der Waals surface area contributed by atoms with Crippen LogP contribution in [0.3, 0.4) is 0 Å². The normalized spacial score (nSPS) is 32.5. The summed E-state index contributed by atoms with van der Waals surface area (Å²) >= 11 is 0. The molecule has 1 saturated carbocycles. The van der Waals surface area contributed by atoms with Gasteiger partial charge in [-0.2, -0.15) is 0 Å². The van der Waals surface area contributed by atoms with E-state index in [0.29, 0.717) is 51.1 Å². The molecule has 2 fully saturated rings. The second kappa shape index (κ2) is 9.52. The van der Waals surface area contributed by atoms with Crippen molar-refractivity contribution in [3.63, 3.8) is 0 Å². The van der Waals surface area contributed by atoms with E-state index < -0.39 is 35.3 Å². The first-order valence-corrected chi connectivity index (χ1v) is 11.3. The lowest BCUT2D eigenvalue weighted by atomic mass is 10.1. The van der Waals surface area contributed by atoms with Gasteiger partial charge >= 0.3 is 12.1 Å². The average Bonchev–Trinajstić information content (AvgIpc) is 3.16. The lowest BCUT2D eigenvalue weighted by molar-refractivity contribution is -0.144. The Kier molecular flexibility index (Phi) is 7.17. The summed E-state index contributed by atoms with van der Waals surface area (Å²) in [7, 11) is 0. The quantitative estimate of drug-likeness (QED) is 0.553. The fourth-order valence-corrected chi connectivity index (χ4v) is 4.34. The van der Waals surface area contributed by atoms with Gasteiger partial charge in [-0.05, 0) is 52.9 Å². The molecule has 1 saturated heterocycles. The first kappa shape index (κ1) is 24.1. The zero-order valence-electron chi connectivity index (χ0n) is 19.2. The van der Waals surface area contributed by atoms with E-state index in [-0.39, 0.29) is 11.8 Å². The fraction of sp³-hybridized carbons (Fsp3) is 0.696. The molecule has 2 aliphatic heterocycles. The number of rotatable bonds is 2. The predicted octanol–water partition coefficient (Wildman–Crippen LogP) is 2.18. The number of carbonyl (C=O) groups is 3. The number of nitrogens with one attached hydrogen (secondary N) is 2. The molecule has 3 N–H and O–H groups in total. The minimum absolute atomic E-state index is 0.228. The van der Waals surface area contributed by atoms with E-state index in [9.17, 15) is 19.5 Å². The van der Waals surface area contributed by atoms with Crippen molar-refractivity contribution in [1.82, 2.24) is 15.5 Å². The smallest absolute Gasteiger partial charge is 0.408 e. The van der Waals surface area contributed by atoms with Gasteiger partial charge in [0.05, 0.1) is 12.6 Å². The Bertz CT molecular complexity index is 789. The molecule has 9 nitrogen and oxygen atoms in total. The molecule has 0 unspecified atom stereocenters. The van der Waals surface area contributed by atoms with Crippen LogP contribution in [0, 0.1) is 5.92 Å². The molecular formula is C23H35N3O6. The van der Waals surface area contributed by atoms with E-state index in [1.54, 1.807) is 20.8 Å². The number of amides is 2. The number of aliphatic carboxylic acids is 1. The highest BCUT2D eigenvalue weighted by Crippen LogP contribution is 2.45. The van der Waals surface area contributed by atoms with E-state index in [1.165, 1.54) is 0 Å². The molecule has 2 amide bonds. The molecule has 3 rings (SSSR count). The van der Waals surface area contributed by atoms with E-state index in [0.717, 1.165) is 6.42 Å². The third-order valence-corrected chi connectivity index (χ3v) is 6.11. The van der Waals surface area contributed by atoms with Gasteiger partial charge in [0.15, 0.2) is 0 Å². The summed E-state index contributed by atoms with van der Waals surface area (Å²) in [6.07, 6.45) is 6.06. The maximum Gasteiger partial charge on any atom is 0.408 e. The summed E-state index contributed by atoms with van der Waals surface area (Å²) in [6.45, 7) is 11.0. The molecule has 0 radical (unpaired) electrons. The largest absolute Gasteiger partial charge is 0.479 e. The summed E-state index contributed by atoms with van der Waals surface area (Å²) in [6, 6.07) is -1.00. The summed E-state index contributed by atoms with van der Waals surface area (Å²) in [5, 5.41) is 15.4. The number of hydrogen-bond donors (Lipinski definition) is 3. The summed E-state index contributed by atoms with van der Waals surface area (Å²) in [5.74, 6) is -1.56. The third kappa shape index (κ3) is 5.62. The van der Waals surface area contributed by atoms with Crippen LogP contribution in [-0.2, 0) is 19.1 Å². The van der Waals surface area contributed by atoms with Gasteiger partial charge in [-0.3, -0.25) is 4.79 Å². The molecule has 0 spiro atoms. The van der Waals surface area contributed by atoms with Gasteiger partial charge in [0.1, 0.15) is 17.2 Å². The van der Waals surface area contributed by atoms with Crippen molar-refractivity contribution in [1.29, 1.82) is 0 Å². The topological polar surface area (TPSA) is 117 Å². The SMILES string of the molecule is C=C1[C@@H](NC(=O)OC(C)(C)C)CCOCC/C=C\[C@@H]2C[C@@]2(C(=O)O)NC(=O)[C@@H]2CCCN12. The lowest BCUT2D eigenvalue weighted by Gasteiger charge is -2.34. The Balaban J connectivity index is 1.79. The third-order valence-electron chi connectivity index (χ3n) is 6.11. The van der Waals surface area contributed by atoms with Crippen molar-refractivity contribution >= 4 is 18.0 Å². The average molecular weight is 450 g/mol. The van der Waals surface area contributed by atoms with Crippen LogP contribution in [0.4, 0.5) is 4.79 Å². The number of carboxylic acid groups (broad SMARTS) is 1. The van der Waals surface area contributed by atoms with Crippen molar-refractivity contribution in [2.45, 2.75) is 76.1 Å². The monoisotopic (exact) mass is 449 g/mol. The molecule has 178 valence electrons. The van der Waals surface area contributed by atoms with Gasteiger partial charge in [0, 0.05) is 24.8 Å². The predicted molar refractivity (Wildman–Crippen MR) is 118 cm³/mol. The van der Waals surface area contributed by atoms with Crippen molar-refractivity contribution < 1.29 is 29.0 Å². The second-order valence-electron chi connectivity index (χ2n) is 9.74. The molecule has 9 heteroatoms. The molecule has 0 aromatic carbocycles. The number of hydrogen-bond acceptors (Lipinski definition) is 6. The highest BCUT2D eigenvalue weighted by Gasteiger charge is 2.61. The standard InChI is InChI=1S/C23H35N3O6/c1-15-17(24-21(30)32-22(2,3)4)10-13-31-12-6-5-8-16-14-23(16,20(28)29)25-19(27)18-9-7-11-26(15)18/h5,8,16-18H,1,6-7,9-14H2,2-4H3,(H,24,30)(H,25,27)(H,28,29)/b8-5-/t16-,17+,18+,23-/m1/s1. The molecule has 0 bridgehead atoms. The number of ether oxygens (including phenoxy) is 2. The number of carbonyl (C=O) groups excluding carboxylic acids is 2. The van der Waals surface area contributed by atoms with Crippen LogP contribution < -0.4 is 10.6 Å². The van der Waals surface area contributed by atoms with Gasteiger partial charge in [0.2, 0.25) is 5.91 Å². The first-order chi connectivity index (χ1) is 15.0. The van der Waals surface area contributed by atoms with Crippen LogP contribution in [0.25, 0.3) is 0 Å². The first-order valence-electron chi connectivity index (χ1n) is 11.3. The fourth-order valence-electron chi connectivity index (χ4n) is 4.34. The second-order valence-corrected chi connectivity index (χ2v) is 9.74. The summed E-state index contributed by atoms with van der Waals surface area (Å²) in [4.78, 5) is 39.4. The molecule has 3 aliphatic rings. The maximum atomic E-state index is 13.1. The van der Waals surface area contributed by atoms with Crippen LogP contribution in [0.1, 0.15) is 52.9 Å². The van der Waals surface area contributed by atoms with E-state index in [4.69, 9.17) is 9.47 Å². The number of carboxylic acids is 1. The molecule has 0 aromatic heterocycles. The minimum atomic E-state index is -1.25. The number of nitrogens with zero attached hydrogens (tertiary/aromatic N) is 1. The zero-order chi connectivity index (χ0) is 23.5. The molecule has 1 aliphatic carbocycles. The highest BCUT2D eigenvalue weighted by molar-refractivity contribution is 5.93. The van der Waals surface area contributed by atoms with Gasteiger partial charge in [-0.15, -0.1) is 0 Å². The Morgan fingerprint density at radius 3 is 2.78 bits per heavy atom. The van der Waals surface area contributed by atoms with Crippen molar-refractivity contribution in [3.8, 4) is 0 Å². The molecule has 4 atom stereocenters. The van der Waals surface area contributed by atoms with Crippen LogP contribution in [0.15, 0.2) is 24.4 Å². The van der Waals surface area contributed by atoms with Crippen LogP contribution in [0.2, 0.25) is 0 Å². The van der Waals surface area contributed by atoms with Crippen LogP contribution in [0.5, 0.6) is 0 Å². The number of fused-ring (bicyclic) bond motifs is 2. The van der Waals surface area contributed by atoms with Crippen molar-refractivity contribution in [3.05, 3.63) is 24.4 Å². The van der Waals surface area contributed by atoms with Gasteiger partial charge in [0.25, 0.3) is 0 Å². The minimum Gasteiger partial charge on any atom is -0.479 e.